The van der Waals surface area contributed by atoms with E-state index in [0.29, 0.717) is 13.2 Å². The second-order valence-electron chi connectivity index (χ2n) is 6.43. The maximum absolute atomic E-state index is 11.0. The van der Waals surface area contributed by atoms with Gasteiger partial charge in [0.05, 0.1) is 19.0 Å². The van der Waals surface area contributed by atoms with Crippen LogP contribution in [-0.2, 0) is 36.9 Å². The number of ether oxygens (including phenoxy) is 1. The topological polar surface area (TPSA) is 61.8 Å². The van der Waals surface area contributed by atoms with Crippen LogP contribution >= 0.6 is 0 Å². The summed E-state index contributed by atoms with van der Waals surface area (Å²) in [5.41, 5.74) is 2.63. The molecule has 1 aromatic carbocycles. The van der Waals surface area contributed by atoms with E-state index >= 15 is 0 Å². The maximum atomic E-state index is 11.0. The van der Waals surface area contributed by atoms with Gasteiger partial charge in [0.1, 0.15) is 6.61 Å². The maximum Gasteiger partial charge on any atom is 0.293 e. The molecule has 0 fully saturated rings. The average molecular weight is 410 g/mol. The van der Waals surface area contributed by atoms with Gasteiger partial charge in [-0.25, -0.2) is 4.89 Å². The van der Waals surface area contributed by atoms with Crippen LogP contribution < -0.4 is 0 Å². The van der Waals surface area contributed by atoms with E-state index in [1.165, 1.54) is 56.6 Å². The summed E-state index contributed by atoms with van der Waals surface area (Å²) >= 11 is 0. The Bertz CT molecular complexity index is 560. The molecule has 0 bridgehead atoms. The van der Waals surface area contributed by atoms with Crippen LogP contribution in [0.2, 0.25) is 0 Å². The zero-order valence-corrected chi connectivity index (χ0v) is 20.1. The molecule has 0 spiro atoms. The smallest absolute Gasteiger partial charge is 0.293 e. The van der Waals surface area contributed by atoms with Gasteiger partial charge in [-0.15, -0.1) is 4.33 Å². The molecule has 0 unspecified atom stereocenters. The molecule has 0 saturated heterocycles. The van der Waals surface area contributed by atoms with Gasteiger partial charge in [-0.3, -0.25) is 0 Å². The van der Waals surface area contributed by atoms with Crippen molar-refractivity contribution in [3.63, 3.8) is 0 Å². The van der Waals surface area contributed by atoms with Crippen molar-refractivity contribution in [2.24, 2.45) is 0 Å². The van der Waals surface area contributed by atoms with Crippen molar-refractivity contribution in [3.05, 3.63) is 35.4 Å². The SMILES string of the molecule is CCCCCCCCc1ccc(CCOCCOOS(=O)(=O)CC)cc1.[Na]. The van der Waals surface area contributed by atoms with Crippen molar-refractivity contribution in [2.45, 2.75) is 65.2 Å². The second-order valence-corrected chi connectivity index (χ2v) is 8.26. The predicted octanol–water partition coefficient (Wildman–Crippen LogP) is 4.07. The van der Waals surface area contributed by atoms with Gasteiger partial charge in [0.25, 0.3) is 10.1 Å². The van der Waals surface area contributed by atoms with Crippen molar-refractivity contribution < 1.29 is 22.4 Å². The molecule has 0 amide bonds. The molecule has 1 aromatic rings. The summed E-state index contributed by atoms with van der Waals surface area (Å²) in [4.78, 5) is 4.61. The first-order valence-electron chi connectivity index (χ1n) is 9.76. The van der Waals surface area contributed by atoms with Gasteiger partial charge in [0.15, 0.2) is 0 Å². The van der Waals surface area contributed by atoms with Crippen LogP contribution in [0.15, 0.2) is 24.3 Å². The number of aryl methyl sites for hydroxylation is 1. The molecule has 7 heteroatoms. The van der Waals surface area contributed by atoms with Crippen molar-refractivity contribution in [1.82, 2.24) is 0 Å². The number of unbranched alkanes of at least 4 members (excludes halogenated alkanes) is 5. The van der Waals surface area contributed by atoms with Crippen molar-refractivity contribution in [2.75, 3.05) is 25.6 Å². The Kier molecular flexibility index (Phi) is 17.0. The van der Waals surface area contributed by atoms with Gasteiger partial charge < -0.3 is 4.74 Å². The molecule has 0 aromatic heterocycles. The van der Waals surface area contributed by atoms with Gasteiger partial charge in [0, 0.05) is 29.6 Å². The molecule has 0 heterocycles. The minimum atomic E-state index is -3.55. The number of rotatable bonds is 16. The van der Waals surface area contributed by atoms with Gasteiger partial charge in [-0.2, -0.15) is 8.42 Å². The van der Waals surface area contributed by atoms with Gasteiger partial charge in [-0.05, 0) is 37.3 Å². The predicted molar refractivity (Wildman–Crippen MR) is 110 cm³/mol. The number of benzene rings is 1. The van der Waals surface area contributed by atoms with Crippen LogP contribution in [0.5, 0.6) is 0 Å². The Morgan fingerprint density at radius 1 is 0.778 bits per heavy atom. The molecule has 1 rings (SSSR count). The standard InChI is InChI=1S/C20H34O5S.Na/c1-3-5-6-7-8-9-10-19-11-13-20(14-12-19)15-16-23-17-18-24-25-26(21,22)4-2;/h11-14H,3-10,15-18H2,1-2H3;. The van der Waals surface area contributed by atoms with Crippen molar-refractivity contribution in [1.29, 1.82) is 0 Å². The van der Waals surface area contributed by atoms with Gasteiger partial charge in [-0.1, -0.05) is 63.3 Å². The van der Waals surface area contributed by atoms with E-state index in [9.17, 15) is 8.42 Å². The average Bonchev–Trinajstić information content (AvgIpc) is 2.65. The molecule has 1 radical (unpaired) electrons. The second kappa shape index (κ2) is 17.0. The zero-order chi connectivity index (χ0) is 19.1. The molecule has 27 heavy (non-hydrogen) atoms. The Morgan fingerprint density at radius 3 is 2.00 bits per heavy atom. The summed E-state index contributed by atoms with van der Waals surface area (Å²) in [7, 11) is -3.55. The third kappa shape index (κ3) is 14.7. The Labute approximate surface area is 187 Å². The summed E-state index contributed by atoms with van der Waals surface area (Å²) in [5.74, 6) is -0.108. The number of hydrogen-bond acceptors (Lipinski definition) is 5. The van der Waals surface area contributed by atoms with Crippen molar-refractivity contribution >= 4 is 39.7 Å². The molecular weight excluding hydrogens is 375 g/mol. The van der Waals surface area contributed by atoms with Crippen LogP contribution in [0.3, 0.4) is 0 Å². The van der Waals surface area contributed by atoms with E-state index in [4.69, 9.17) is 4.74 Å². The van der Waals surface area contributed by atoms with Crippen LogP contribution in [0.1, 0.15) is 63.5 Å². The summed E-state index contributed by atoms with van der Waals surface area (Å²) in [6, 6.07) is 8.72. The monoisotopic (exact) mass is 409 g/mol. The third-order valence-electron chi connectivity index (χ3n) is 4.19. The molecule has 0 aliphatic rings. The molecule has 0 aliphatic carbocycles. The summed E-state index contributed by atoms with van der Waals surface area (Å²) in [6.07, 6.45) is 9.93. The molecular formula is C20H34NaO5S. The van der Waals surface area contributed by atoms with Crippen molar-refractivity contribution in [3.8, 4) is 0 Å². The molecule has 0 N–H and O–H groups in total. The first-order valence-corrected chi connectivity index (χ1v) is 11.3. The van der Waals surface area contributed by atoms with E-state index in [1.54, 1.807) is 0 Å². The minimum Gasteiger partial charge on any atom is -0.379 e. The molecule has 151 valence electrons. The Morgan fingerprint density at radius 2 is 1.37 bits per heavy atom. The minimum absolute atomic E-state index is 0. The van der Waals surface area contributed by atoms with Crippen LogP contribution in [-0.4, -0.2) is 63.5 Å². The molecule has 0 saturated carbocycles. The zero-order valence-electron chi connectivity index (χ0n) is 17.2. The molecule has 0 atom stereocenters. The van der Waals surface area contributed by atoms with Crippen LogP contribution in [0.25, 0.3) is 0 Å². The summed E-state index contributed by atoms with van der Waals surface area (Å²) in [6.45, 7) is 4.70. The van der Waals surface area contributed by atoms with E-state index in [2.05, 4.69) is 40.4 Å². The van der Waals surface area contributed by atoms with Gasteiger partial charge in [0.2, 0.25) is 0 Å². The largest absolute Gasteiger partial charge is 0.379 e. The first kappa shape index (κ1) is 27.0. The quantitative estimate of drug-likeness (QED) is 0.178. The van der Waals surface area contributed by atoms with E-state index < -0.39 is 10.1 Å². The summed E-state index contributed by atoms with van der Waals surface area (Å²) in [5, 5.41) is 0. The Balaban J connectivity index is 0.00000676. The number of hydrogen-bond donors (Lipinski definition) is 0. The van der Waals surface area contributed by atoms with Crippen LogP contribution in [0, 0.1) is 0 Å². The first-order chi connectivity index (χ1) is 12.6. The van der Waals surface area contributed by atoms with E-state index in [-0.39, 0.29) is 41.9 Å². The fourth-order valence-electron chi connectivity index (χ4n) is 2.52. The van der Waals surface area contributed by atoms with E-state index in [1.807, 2.05) is 0 Å². The molecule has 0 aliphatic heterocycles. The fourth-order valence-corrected chi connectivity index (χ4v) is 2.83. The molecule has 5 nitrogen and oxygen atoms in total. The van der Waals surface area contributed by atoms with Crippen LogP contribution in [0.4, 0.5) is 0 Å². The van der Waals surface area contributed by atoms with Gasteiger partial charge >= 0.3 is 0 Å². The Hall–Kier alpha value is 0.0500. The third-order valence-corrected chi connectivity index (χ3v) is 5.20. The fraction of sp³-hybridized carbons (Fsp3) is 0.700. The normalized spacial score (nSPS) is 11.3. The summed E-state index contributed by atoms with van der Waals surface area (Å²) < 4.78 is 31.8. The van der Waals surface area contributed by atoms with E-state index in [0.717, 1.165) is 12.8 Å².